The van der Waals surface area contributed by atoms with Gasteiger partial charge in [-0.15, -0.1) is 0 Å². The zero-order valence-electron chi connectivity index (χ0n) is 18.3. The van der Waals surface area contributed by atoms with E-state index >= 15 is 0 Å². The highest BCUT2D eigenvalue weighted by atomic mass is 35.5. The fraction of sp³-hybridized carbons (Fsp3) is 0.417. The molecule has 6 heteroatoms. The van der Waals surface area contributed by atoms with E-state index in [1.54, 1.807) is 30.0 Å². The molecule has 0 saturated carbocycles. The maximum absolute atomic E-state index is 13.3. The van der Waals surface area contributed by atoms with E-state index in [1.807, 2.05) is 45.9 Å². The molecule has 0 fully saturated rings. The summed E-state index contributed by atoms with van der Waals surface area (Å²) in [5, 5.41) is 3.86. The van der Waals surface area contributed by atoms with Gasteiger partial charge in [0.1, 0.15) is 6.04 Å². The molecule has 0 heterocycles. The van der Waals surface area contributed by atoms with Gasteiger partial charge in [-0.3, -0.25) is 9.59 Å². The highest BCUT2D eigenvalue weighted by Gasteiger charge is 2.27. The van der Waals surface area contributed by atoms with Crippen LogP contribution >= 0.6 is 23.2 Å². The largest absolute Gasteiger partial charge is 0.354 e. The Morgan fingerprint density at radius 1 is 1.00 bits per heavy atom. The Labute approximate surface area is 189 Å². The second-order valence-electron chi connectivity index (χ2n) is 8.13. The zero-order chi connectivity index (χ0) is 22.4. The van der Waals surface area contributed by atoms with Crippen molar-refractivity contribution < 1.29 is 9.59 Å². The summed E-state index contributed by atoms with van der Waals surface area (Å²) >= 11 is 12.7. The number of aryl methyl sites for hydroxylation is 2. The molecule has 2 rings (SSSR count). The van der Waals surface area contributed by atoms with E-state index in [0.717, 1.165) is 11.1 Å². The van der Waals surface area contributed by atoms with E-state index in [-0.39, 0.29) is 24.8 Å². The second-order valence-corrected chi connectivity index (χ2v) is 8.95. The van der Waals surface area contributed by atoms with Crippen LogP contribution in [0.15, 0.2) is 36.4 Å². The fourth-order valence-corrected chi connectivity index (χ4v) is 3.60. The van der Waals surface area contributed by atoms with Gasteiger partial charge in [0, 0.05) is 28.7 Å². The molecular formula is C24H30Cl2N2O2. The van der Waals surface area contributed by atoms with Gasteiger partial charge < -0.3 is 10.2 Å². The first-order valence-corrected chi connectivity index (χ1v) is 10.9. The number of hydrogen-bond acceptors (Lipinski definition) is 2. The van der Waals surface area contributed by atoms with Crippen molar-refractivity contribution in [3.63, 3.8) is 0 Å². The minimum Gasteiger partial charge on any atom is -0.354 e. The quantitative estimate of drug-likeness (QED) is 0.591. The first kappa shape index (κ1) is 24.2. The van der Waals surface area contributed by atoms with Crippen molar-refractivity contribution in [3.05, 3.63) is 68.7 Å². The highest BCUT2D eigenvalue weighted by molar-refractivity contribution is 6.36. The van der Waals surface area contributed by atoms with Crippen molar-refractivity contribution in [2.24, 2.45) is 5.92 Å². The first-order valence-electron chi connectivity index (χ1n) is 10.2. The Kier molecular flexibility index (Phi) is 8.75. The van der Waals surface area contributed by atoms with Crippen LogP contribution in [-0.2, 0) is 22.6 Å². The average Bonchev–Trinajstić information content (AvgIpc) is 2.68. The highest BCUT2D eigenvalue weighted by Crippen LogP contribution is 2.27. The summed E-state index contributed by atoms with van der Waals surface area (Å²) in [5.74, 6) is -0.0272. The van der Waals surface area contributed by atoms with Crippen molar-refractivity contribution in [1.29, 1.82) is 0 Å². The molecule has 2 amide bonds. The van der Waals surface area contributed by atoms with E-state index in [2.05, 4.69) is 5.32 Å². The van der Waals surface area contributed by atoms with Crippen LogP contribution in [0.25, 0.3) is 0 Å². The van der Waals surface area contributed by atoms with Crippen LogP contribution in [0.3, 0.4) is 0 Å². The number of carbonyl (C=O) groups excluding carboxylic acids is 2. The van der Waals surface area contributed by atoms with E-state index in [4.69, 9.17) is 23.2 Å². The third-order valence-corrected chi connectivity index (χ3v) is 5.88. The number of nitrogens with zero attached hydrogens (tertiary/aromatic N) is 1. The molecule has 1 atom stereocenters. The van der Waals surface area contributed by atoms with Crippen molar-refractivity contribution in [2.75, 3.05) is 6.54 Å². The third kappa shape index (κ3) is 6.48. The number of carbonyl (C=O) groups is 2. The van der Waals surface area contributed by atoms with Crippen molar-refractivity contribution in [1.82, 2.24) is 10.2 Å². The predicted molar refractivity (Wildman–Crippen MR) is 124 cm³/mol. The third-order valence-electron chi connectivity index (χ3n) is 5.17. The van der Waals surface area contributed by atoms with Crippen LogP contribution in [0.5, 0.6) is 0 Å². The van der Waals surface area contributed by atoms with Gasteiger partial charge in [0.25, 0.3) is 0 Å². The molecule has 0 aliphatic heterocycles. The minimum atomic E-state index is -0.657. The van der Waals surface area contributed by atoms with E-state index < -0.39 is 6.04 Å². The number of amides is 2. The second kappa shape index (κ2) is 10.8. The summed E-state index contributed by atoms with van der Waals surface area (Å²) in [6.45, 7) is 10.6. The zero-order valence-corrected chi connectivity index (χ0v) is 19.8. The van der Waals surface area contributed by atoms with Gasteiger partial charge in [-0.25, -0.2) is 0 Å². The van der Waals surface area contributed by atoms with Gasteiger partial charge in [0.2, 0.25) is 11.8 Å². The summed E-state index contributed by atoms with van der Waals surface area (Å²) in [7, 11) is 0. The van der Waals surface area contributed by atoms with Gasteiger partial charge in [-0.05, 0) is 55.5 Å². The summed E-state index contributed by atoms with van der Waals surface area (Å²) in [4.78, 5) is 27.6. The number of nitrogens with one attached hydrogen (secondary N) is 1. The molecule has 0 aromatic heterocycles. The molecule has 2 aromatic rings. The summed E-state index contributed by atoms with van der Waals surface area (Å²) in [5.41, 5.74) is 3.85. The monoisotopic (exact) mass is 448 g/mol. The summed E-state index contributed by atoms with van der Waals surface area (Å²) in [6.07, 6.45) is 0.199. The lowest BCUT2D eigenvalue weighted by molar-refractivity contribution is -0.140. The SMILES string of the molecule is Cc1ccc(CC(=O)N(Cc2c(Cl)cccc2Cl)[C@H](C)C(=O)NCC(C)C)cc1C. The Bertz CT molecular complexity index is 892. The number of halogens is 2. The minimum absolute atomic E-state index is 0.151. The standard InChI is InChI=1S/C24H30Cl2N2O2/c1-15(2)13-27-24(30)18(5)28(14-20-21(25)7-6-8-22(20)26)23(29)12-19-10-9-16(3)17(4)11-19/h6-11,15,18H,12-14H2,1-5H3,(H,27,30)/t18-/m1/s1. The maximum atomic E-state index is 13.3. The Hall–Kier alpha value is -2.04. The molecule has 4 nitrogen and oxygen atoms in total. The van der Waals surface area contributed by atoms with Crippen LogP contribution < -0.4 is 5.32 Å². The number of rotatable bonds is 8. The van der Waals surface area contributed by atoms with Crippen molar-refractivity contribution >= 4 is 35.0 Å². The summed E-state index contributed by atoms with van der Waals surface area (Å²) < 4.78 is 0. The van der Waals surface area contributed by atoms with Crippen LogP contribution in [0.4, 0.5) is 0 Å². The molecule has 162 valence electrons. The molecule has 30 heavy (non-hydrogen) atoms. The van der Waals surface area contributed by atoms with Crippen LogP contribution in [-0.4, -0.2) is 29.3 Å². The van der Waals surface area contributed by atoms with Gasteiger partial charge in [0.05, 0.1) is 6.42 Å². The lowest BCUT2D eigenvalue weighted by Crippen LogP contribution is -2.48. The first-order chi connectivity index (χ1) is 14.1. The molecule has 0 aliphatic rings. The molecule has 0 unspecified atom stereocenters. The molecule has 0 spiro atoms. The van der Waals surface area contributed by atoms with Crippen LogP contribution in [0, 0.1) is 19.8 Å². The molecule has 2 aromatic carbocycles. The van der Waals surface area contributed by atoms with Gasteiger partial charge in [-0.1, -0.05) is 61.3 Å². The molecule has 0 saturated heterocycles. The van der Waals surface area contributed by atoms with Crippen LogP contribution in [0.2, 0.25) is 10.0 Å². The van der Waals surface area contributed by atoms with Crippen molar-refractivity contribution in [2.45, 2.75) is 53.6 Å². The van der Waals surface area contributed by atoms with E-state index in [0.29, 0.717) is 28.1 Å². The normalized spacial score (nSPS) is 12.0. The molecular weight excluding hydrogens is 419 g/mol. The fourth-order valence-electron chi connectivity index (χ4n) is 3.08. The van der Waals surface area contributed by atoms with Gasteiger partial charge in [-0.2, -0.15) is 0 Å². The average molecular weight is 449 g/mol. The Morgan fingerprint density at radius 2 is 1.63 bits per heavy atom. The Balaban J connectivity index is 2.30. The molecule has 0 bridgehead atoms. The lowest BCUT2D eigenvalue weighted by atomic mass is 10.0. The van der Waals surface area contributed by atoms with Gasteiger partial charge in [0.15, 0.2) is 0 Å². The molecule has 0 radical (unpaired) electrons. The van der Waals surface area contributed by atoms with E-state index in [9.17, 15) is 9.59 Å². The summed E-state index contributed by atoms with van der Waals surface area (Å²) in [6, 6.07) is 10.5. The van der Waals surface area contributed by atoms with E-state index in [1.165, 1.54) is 5.56 Å². The number of benzene rings is 2. The molecule has 0 aliphatic carbocycles. The van der Waals surface area contributed by atoms with Crippen LogP contribution in [0.1, 0.15) is 43.0 Å². The van der Waals surface area contributed by atoms with Gasteiger partial charge >= 0.3 is 0 Å². The topological polar surface area (TPSA) is 49.4 Å². The predicted octanol–water partition coefficient (Wildman–Crippen LogP) is 5.34. The van der Waals surface area contributed by atoms with Crippen molar-refractivity contribution in [3.8, 4) is 0 Å². The number of hydrogen-bond donors (Lipinski definition) is 1. The molecule has 1 N–H and O–H groups in total. The lowest BCUT2D eigenvalue weighted by Gasteiger charge is -2.30. The maximum Gasteiger partial charge on any atom is 0.242 e. The Morgan fingerprint density at radius 3 is 2.20 bits per heavy atom. The smallest absolute Gasteiger partial charge is 0.242 e.